The molecule has 0 saturated heterocycles. The predicted octanol–water partition coefficient (Wildman–Crippen LogP) is 3.03. The Balaban J connectivity index is 2.08. The number of hydrogen-bond donors (Lipinski definition) is 1. The van der Waals surface area contributed by atoms with Crippen molar-refractivity contribution in [3.63, 3.8) is 0 Å². The number of hydrogen-bond acceptors (Lipinski definition) is 3. The average molecular weight is 305 g/mol. The van der Waals surface area contributed by atoms with E-state index in [1.54, 1.807) is 12.1 Å². The fraction of sp³-hybridized carbons (Fsp3) is 0.312. The highest BCUT2D eigenvalue weighted by Crippen LogP contribution is 2.18. The molecule has 0 unspecified atom stereocenters. The molecule has 21 heavy (non-hydrogen) atoms. The molecule has 0 aliphatic carbocycles. The Morgan fingerprint density at radius 1 is 1.24 bits per heavy atom. The van der Waals surface area contributed by atoms with Gasteiger partial charge in [0.2, 0.25) is 0 Å². The number of benzene rings is 1. The topological polar surface area (TPSA) is 59.3 Å². The van der Waals surface area contributed by atoms with E-state index in [9.17, 15) is 9.00 Å². The SMILES string of the molecule is Cc1ccccc1[S@](=O)Cc1ccc(C(=O)NC(C)C)o1. The molecule has 1 aromatic carbocycles. The van der Waals surface area contributed by atoms with Gasteiger partial charge in [-0.1, -0.05) is 18.2 Å². The van der Waals surface area contributed by atoms with Gasteiger partial charge in [-0.25, -0.2) is 0 Å². The molecule has 1 heterocycles. The Bertz CT molecular complexity index is 661. The van der Waals surface area contributed by atoms with Crippen LogP contribution in [0.5, 0.6) is 0 Å². The van der Waals surface area contributed by atoms with Crippen LogP contribution in [-0.2, 0) is 16.6 Å². The molecule has 2 rings (SSSR count). The maximum atomic E-state index is 12.3. The molecule has 5 heteroatoms. The summed E-state index contributed by atoms with van der Waals surface area (Å²) in [7, 11) is -1.18. The minimum absolute atomic E-state index is 0.0483. The van der Waals surface area contributed by atoms with Gasteiger partial charge in [0.15, 0.2) is 5.76 Å². The summed E-state index contributed by atoms with van der Waals surface area (Å²) < 4.78 is 17.8. The van der Waals surface area contributed by atoms with E-state index in [1.165, 1.54) is 0 Å². The number of furan rings is 1. The highest BCUT2D eigenvalue weighted by Gasteiger charge is 2.14. The quantitative estimate of drug-likeness (QED) is 0.923. The number of carbonyl (C=O) groups is 1. The summed E-state index contributed by atoms with van der Waals surface area (Å²) in [6, 6.07) is 10.9. The summed E-state index contributed by atoms with van der Waals surface area (Å²) in [5.41, 5.74) is 0.986. The van der Waals surface area contributed by atoms with E-state index >= 15 is 0 Å². The molecular weight excluding hydrogens is 286 g/mol. The Labute approximate surface area is 127 Å². The van der Waals surface area contributed by atoms with Crippen molar-refractivity contribution in [2.75, 3.05) is 0 Å². The Hall–Kier alpha value is -1.88. The molecule has 0 spiro atoms. The molecule has 1 atom stereocenters. The highest BCUT2D eigenvalue weighted by molar-refractivity contribution is 7.84. The van der Waals surface area contributed by atoms with Crippen molar-refractivity contribution < 1.29 is 13.4 Å². The lowest BCUT2D eigenvalue weighted by atomic mass is 10.2. The number of aryl methyl sites for hydroxylation is 1. The van der Waals surface area contributed by atoms with E-state index in [4.69, 9.17) is 4.42 Å². The molecule has 0 fully saturated rings. The van der Waals surface area contributed by atoms with Crippen LogP contribution >= 0.6 is 0 Å². The van der Waals surface area contributed by atoms with Gasteiger partial charge in [-0.15, -0.1) is 0 Å². The summed E-state index contributed by atoms with van der Waals surface area (Å²) in [6.07, 6.45) is 0. The largest absolute Gasteiger partial charge is 0.455 e. The van der Waals surface area contributed by atoms with Crippen molar-refractivity contribution >= 4 is 16.7 Å². The van der Waals surface area contributed by atoms with Crippen molar-refractivity contribution in [1.29, 1.82) is 0 Å². The van der Waals surface area contributed by atoms with Crippen LogP contribution in [0.2, 0.25) is 0 Å². The zero-order valence-corrected chi connectivity index (χ0v) is 13.2. The van der Waals surface area contributed by atoms with Gasteiger partial charge >= 0.3 is 0 Å². The molecule has 0 saturated carbocycles. The fourth-order valence-electron chi connectivity index (χ4n) is 1.93. The van der Waals surface area contributed by atoms with Crippen molar-refractivity contribution in [1.82, 2.24) is 5.32 Å². The van der Waals surface area contributed by atoms with Gasteiger partial charge in [0, 0.05) is 10.9 Å². The molecule has 2 aromatic rings. The number of carbonyl (C=O) groups excluding carboxylic acids is 1. The molecule has 1 N–H and O–H groups in total. The van der Waals surface area contributed by atoms with E-state index in [0.29, 0.717) is 5.76 Å². The minimum atomic E-state index is -1.18. The van der Waals surface area contributed by atoms with Crippen molar-refractivity contribution in [2.45, 2.75) is 37.5 Å². The fourth-order valence-corrected chi connectivity index (χ4v) is 3.16. The first-order valence-electron chi connectivity index (χ1n) is 6.81. The highest BCUT2D eigenvalue weighted by atomic mass is 32.2. The third-order valence-corrected chi connectivity index (χ3v) is 4.41. The van der Waals surface area contributed by atoms with Gasteiger partial charge in [0.1, 0.15) is 5.76 Å². The average Bonchev–Trinajstić information content (AvgIpc) is 2.87. The minimum Gasteiger partial charge on any atom is -0.455 e. The lowest BCUT2D eigenvalue weighted by Crippen LogP contribution is -2.29. The van der Waals surface area contributed by atoms with E-state index in [1.807, 2.05) is 45.0 Å². The van der Waals surface area contributed by atoms with Crippen LogP contribution in [-0.4, -0.2) is 16.2 Å². The van der Waals surface area contributed by atoms with Crippen LogP contribution in [0.15, 0.2) is 45.7 Å². The van der Waals surface area contributed by atoms with Crippen molar-refractivity contribution in [2.24, 2.45) is 0 Å². The second-order valence-electron chi connectivity index (χ2n) is 5.15. The standard InChI is InChI=1S/C16H19NO3S/c1-11(2)17-16(18)14-9-8-13(20-14)10-21(19)15-7-5-4-6-12(15)3/h4-9,11H,10H2,1-3H3,(H,17,18)/t21-/m1/s1. The van der Waals surface area contributed by atoms with Crippen LogP contribution in [0.3, 0.4) is 0 Å². The van der Waals surface area contributed by atoms with Crippen LogP contribution in [0.1, 0.15) is 35.7 Å². The van der Waals surface area contributed by atoms with Crippen LogP contribution in [0.25, 0.3) is 0 Å². The first-order chi connectivity index (χ1) is 9.97. The molecular formula is C16H19NO3S. The Morgan fingerprint density at radius 2 is 1.95 bits per heavy atom. The lowest BCUT2D eigenvalue weighted by Gasteiger charge is -2.06. The zero-order chi connectivity index (χ0) is 15.4. The Kier molecular flexibility index (Phi) is 4.96. The summed E-state index contributed by atoms with van der Waals surface area (Å²) in [6.45, 7) is 5.70. The van der Waals surface area contributed by atoms with Gasteiger partial charge in [-0.3, -0.25) is 9.00 Å². The van der Waals surface area contributed by atoms with Crippen molar-refractivity contribution in [3.05, 3.63) is 53.5 Å². The monoisotopic (exact) mass is 305 g/mol. The lowest BCUT2D eigenvalue weighted by molar-refractivity contribution is 0.0913. The van der Waals surface area contributed by atoms with Crippen molar-refractivity contribution in [3.8, 4) is 0 Å². The van der Waals surface area contributed by atoms with E-state index < -0.39 is 10.8 Å². The summed E-state index contributed by atoms with van der Waals surface area (Å²) in [5.74, 6) is 0.809. The third-order valence-electron chi connectivity index (χ3n) is 2.92. The zero-order valence-electron chi connectivity index (χ0n) is 12.4. The second-order valence-corrected chi connectivity index (χ2v) is 6.57. The summed E-state index contributed by atoms with van der Waals surface area (Å²) in [5, 5.41) is 2.76. The molecule has 1 amide bonds. The van der Waals surface area contributed by atoms with Gasteiger partial charge in [-0.2, -0.15) is 0 Å². The molecule has 4 nitrogen and oxygen atoms in total. The van der Waals surface area contributed by atoms with Gasteiger partial charge in [-0.05, 0) is 44.5 Å². The van der Waals surface area contributed by atoms with Crippen LogP contribution < -0.4 is 5.32 Å². The Morgan fingerprint density at radius 3 is 2.62 bits per heavy atom. The van der Waals surface area contributed by atoms with E-state index in [0.717, 1.165) is 10.5 Å². The first-order valence-corrected chi connectivity index (χ1v) is 8.13. The molecule has 0 aliphatic heterocycles. The molecule has 1 aromatic heterocycles. The number of rotatable bonds is 5. The normalized spacial score (nSPS) is 12.4. The maximum Gasteiger partial charge on any atom is 0.287 e. The van der Waals surface area contributed by atoms with Gasteiger partial charge in [0.25, 0.3) is 5.91 Å². The maximum absolute atomic E-state index is 12.3. The number of amides is 1. The predicted molar refractivity (Wildman–Crippen MR) is 82.6 cm³/mol. The van der Waals surface area contributed by atoms with E-state index in [-0.39, 0.29) is 23.5 Å². The smallest absolute Gasteiger partial charge is 0.287 e. The molecule has 0 bridgehead atoms. The first kappa shape index (κ1) is 15.5. The van der Waals surface area contributed by atoms with Crippen LogP contribution in [0, 0.1) is 6.92 Å². The van der Waals surface area contributed by atoms with Gasteiger partial charge < -0.3 is 9.73 Å². The summed E-state index contributed by atoms with van der Waals surface area (Å²) >= 11 is 0. The molecule has 0 radical (unpaired) electrons. The molecule has 112 valence electrons. The molecule has 0 aliphatic rings. The second kappa shape index (κ2) is 6.72. The number of nitrogens with one attached hydrogen (secondary N) is 1. The van der Waals surface area contributed by atoms with Gasteiger partial charge in [0.05, 0.1) is 16.6 Å². The summed E-state index contributed by atoms with van der Waals surface area (Å²) in [4.78, 5) is 12.6. The third kappa shape index (κ3) is 4.04. The van der Waals surface area contributed by atoms with E-state index in [2.05, 4.69) is 5.32 Å². The van der Waals surface area contributed by atoms with Crippen LogP contribution in [0.4, 0.5) is 0 Å².